The van der Waals surface area contributed by atoms with Gasteiger partial charge in [-0.2, -0.15) is 0 Å². The van der Waals surface area contributed by atoms with E-state index < -0.39 is 12.0 Å². The molecule has 1 aliphatic rings. The molecule has 1 unspecified atom stereocenters. The lowest BCUT2D eigenvalue weighted by molar-refractivity contribution is -0.148. The van der Waals surface area contributed by atoms with Crippen LogP contribution in [0.25, 0.3) is 6.08 Å². The molecule has 24 heavy (non-hydrogen) atoms. The zero-order valence-corrected chi connectivity index (χ0v) is 15.1. The summed E-state index contributed by atoms with van der Waals surface area (Å²) in [6.07, 6.45) is 1.79. The van der Waals surface area contributed by atoms with Crippen LogP contribution in [0, 0.1) is 0 Å². The molecule has 0 bridgehead atoms. The van der Waals surface area contributed by atoms with Gasteiger partial charge < -0.3 is 4.74 Å². The number of thiophene rings is 1. The van der Waals surface area contributed by atoms with Crippen LogP contribution in [0.4, 0.5) is 0 Å². The van der Waals surface area contributed by atoms with Gasteiger partial charge in [-0.3, -0.25) is 9.69 Å². The van der Waals surface area contributed by atoms with Crippen molar-refractivity contribution in [3.05, 3.63) is 63.2 Å². The molecule has 0 N–H and O–H groups in total. The highest BCUT2D eigenvalue weighted by Crippen LogP contribution is 2.39. The van der Waals surface area contributed by atoms with Crippen LogP contribution in [0.3, 0.4) is 0 Å². The number of rotatable bonds is 4. The van der Waals surface area contributed by atoms with Crippen LogP contribution in [-0.2, 0) is 14.3 Å². The van der Waals surface area contributed by atoms with Crippen LogP contribution in [-0.4, -0.2) is 28.2 Å². The molecule has 1 fully saturated rings. The highest BCUT2D eigenvalue weighted by Gasteiger charge is 2.41. The van der Waals surface area contributed by atoms with Crippen molar-refractivity contribution < 1.29 is 14.3 Å². The fourth-order valence-corrected chi connectivity index (χ4v) is 4.38. The average Bonchev–Trinajstić information content (AvgIpc) is 3.20. The van der Waals surface area contributed by atoms with Crippen LogP contribution < -0.4 is 0 Å². The molecule has 1 saturated heterocycles. The molecular formula is C17H13NO3S3. The molecule has 4 nitrogen and oxygen atoms in total. The first-order valence-electron chi connectivity index (χ1n) is 7.05. The van der Waals surface area contributed by atoms with E-state index in [0.29, 0.717) is 14.8 Å². The number of hydrogen-bond acceptors (Lipinski definition) is 6. The van der Waals surface area contributed by atoms with Gasteiger partial charge in [0.25, 0.3) is 5.91 Å². The molecule has 0 spiro atoms. The van der Waals surface area contributed by atoms with E-state index in [1.54, 1.807) is 18.2 Å². The van der Waals surface area contributed by atoms with Crippen LogP contribution >= 0.6 is 35.3 Å². The van der Waals surface area contributed by atoms with Gasteiger partial charge in [0.2, 0.25) is 0 Å². The fraction of sp³-hybridized carbons (Fsp3) is 0.118. The number of esters is 1. The first-order chi connectivity index (χ1) is 11.6. The third kappa shape index (κ3) is 3.28. The number of ether oxygens (including phenoxy) is 1. The maximum Gasteiger partial charge on any atom is 0.333 e. The number of thiocarbonyl (C=S) groups is 1. The van der Waals surface area contributed by atoms with Gasteiger partial charge in [-0.25, -0.2) is 4.79 Å². The monoisotopic (exact) mass is 375 g/mol. The molecule has 1 aliphatic heterocycles. The minimum atomic E-state index is -0.877. The number of benzene rings is 1. The SMILES string of the molecule is COC(=O)C(c1ccccc1)N1C(=O)/C(=C\c2cccs2)SC1=S. The summed E-state index contributed by atoms with van der Waals surface area (Å²) in [7, 11) is 1.30. The van der Waals surface area contributed by atoms with Crippen molar-refractivity contribution in [1.29, 1.82) is 0 Å². The zero-order chi connectivity index (χ0) is 17.1. The van der Waals surface area contributed by atoms with Crippen molar-refractivity contribution in [3.8, 4) is 0 Å². The van der Waals surface area contributed by atoms with Crippen molar-refractivity contribution >= 4 is 57.6 Å². The molecule has 1 amide bonds. The van der Waals surface area contributed by atoms with Gasteiger partial charge in [0.1, 0.15) is 4.32 Å². The Labute approximate surface area is 153 Å². The maximum absolute atomic E-state index is 12.8. The normalized spacial score (nSPS) is 17.4. The Morgan fingerprint density at radius 3 is 2.62 bits per heavy atom. The van der Waals surface area contributed by atoms with E-state index in [4.69, 9.17) is 17.0 Å². The predicted octanol–water partition coefficient (Wildman–Crippen LogP) is 3.86. The lowest BCUT2D eigenvalue weighted by Gasteiger charge is -2.24. The fourth-order valence-electron chi connectivity index (χ4n) is 2.34. The zero-order valence-electron chi connectivity index (χ0n) is 12.7. The van der Waals surface area contributed by atoms with E-state index in [-0.39, 0.29) is 5.91 Å². The van der Waals surface area contributed by atoms with Crippen molar-refractivity contribution in [2.45, 2.75) is 6.04 Å². The summed E-state index contributed by atoms with van der Waals surface area (Å²) in [6.45, 7) is 0. The Kier molecular flexibility index (Phi) is 5.13. The van der Waals surface area contributed by atoms with Crippen molar-refractivity contribution in [2.75, 3.05) is 7.11 Å². The number of thioether (sulfide) groups is 1. The molecule has 1 aromatic heterocycles. The van der Waals surface area contributed by atoms with Crippen molar-refractivity contribution in [3.63, 3.8) is 0 Å². The Morgan fingerprint density at radius 1 is 1.25 bits per heavy atom. The van der Waals surface area contributed by atoms with E-state index >= 15 is 0 Å². The highest BCUT2D eigenvalue weighted by atomic mass is 32.2. The van der Waals surface area contributed by atoms with E-state index in [9.17, 15) is 9.59 Å². The summed E-state index contributed by atoms with van der Waals surface area (Å²) >= 11 is 8.09. The van der Waals surface area contributed by atoms with E-state index in [1.165, 1.54) is 35.1 Å². The van der Waals surface area contributed by atoms with Crippen molar-refractivity contribution in [2.24, 2.45) is 0 Å². The molecular weight excluding hydrogens is 362 g/mol. The number of carbonyl (C=O) groups excluding carboxylic acids is 2. The van der Waals surface area contributed by atoms with Crippen molar-refractivity contribution in [1.82, 2.24) is 4.90 Å². The number of carbonyl (C=O) groups is 2. The third-order valence-electron chi connectivity index (χ3n) is 3.44. The molecule has 1 atom stereocenters. The van der Waals surface area contributed by atoms with Gasteiger partial charge in [-0.1, -0.05) is 60.4 Å². The van der Waals surface area contributed by atoms with Crippen LogP contribution in [0.5, 0.6) is 0 Å². The topological polar surface area (TPSA) is 46.6 Å². The summed E-state index contributed by atoms with van der Waals surface area (Å²) in [6, 6.07) is 12.0. The highest BCUT2D eigenvalue weighted by molar-refractivity contribution is 8.26. The van der Waals surface area contributed by atoms with E-state index in [1.807, 2.05) is 35.7 Å². The smallest absolute Gasteiger partial charge is 0.333 e. The maximum atomic E-state index is 12.8. The van der Waals surface area contributed by atoms with E-state index in [2.05, 4.69) is 0 Å². The predicted molar refractivity (Wildman–Crippen MR) is 101 cm³/mol. The first-order valence-corrected chi connectivity index (χ1v) is 9.15. The minimum Gasteiger partial charge on any atom is -0.467 e. The standard InChI is InChI=1S/C17H13NO3S3/c1-21-16(20)14(11-6-3-2-4-7-11)18-15(19)13(24-17(18)22)10-12-8-5-9-23-12/h2-10,14H,1H3/b13-10+. The molecule has 1 aromatic carbocycles. The van der Waals surface area contributed by atoms with Crippen LogP contribution in [0.1, 0.15) is 16.5 Å². The number of methoxy groups -OCH3 is 1. The number of amides is 1. The summed E-state index contributed by atoms with van der Waals surface area (Å²) < 4.78 is 5.25. The van der Waals surface area contributed by atoms with Gasteiger partial charge >= 0.3 is 5.97 Å². The Bertz CT molecular complexity index is 800. The van der Waals surface area contributed by atoms with Crippen LogP contribution in [0.2, 0.25) is 0 Å². The number of nitrogens with zero attached hydrogens (tertiary/aromatic N) is 1. The van der Waals surface area contributed by atoms with Gasteiger partial charge in [-0.15, -0.1) is 11.3 Å². The summed E-state index contributed by atoms with van der Waals surface area (Å²) in [5.74, 6) is -0.799. The second-order valence-corrected chi connectivity index (χ2v) is 7.56. The molecule has 2 heterocycles. The van der Waals surface area contributed by atoms with Gasteiger partial charge in [0.15, 0.2) is 6.04 Å². The Balaban J connectivity index is 1.98. The Hall–Kier alpha value is -1.96. The largest absolute Gasteiger partial charge is 0.467 e. The first kappa shape index (κ1) is 16.9. The molecule has 0 saturated carbocycles. The average molecular weight is 375 g/mol. The molecule has 2 aromatic rings. The lowest BCUT2D eigenvalue weighted by Crippen LogP contribution is -2.37. The second-order valence-electron chi connectivity index (χ2n) is 4.90. The molecule has 7 heteroatoms. The van der Waals surface area contributed by atoms with Gasteiger partial charge in [-0.05, 0) is 23.1 Å². The van der Waals surface area contributed by atoms with Gasteiger partial charge in [0.05, 0.1) is 12.0 Å². The van der Waals surface area contributed by atoms with E-state index in [0.717, 1.165) is 4.88 Å². The molecule has 3 rings (SSSR count). The third-order valence-corrected chi connectivity index (χ3v) is 5.59. The molecule has 0 radical (unpaired) electrons. The minimum absolute atomic E-state index is 0.280. The lowest BCUT2D eigenvalue weighted by atomic mass is 10.1. The Morgan fingerprint density at radius 2 is 2.00 bits per heavy atom. The van der Waals surface area contributed by atoms with Crippen LogP contribution in [0.15, 0.2) is 52.7 Å². The molecule has 0 aliphatic carbocycles. The summed E-state index contributed by atoms with van der Waals surface area (Å²) in [5, 5.41) is 1.94. The number of hydrogen-bond donors (Lipinski definition) is 0. The second kappa shape index (κ2) is 7.29. The quantitative estimate of drug-likeness (QED) is 0.461. The summed E-state index contributed by atoms with van der Waals surface area (Å²) in [4.78, 5) is 27.9. The molecule has 122 valence electrons. The summed E-state index contributed by atoms with van der Waals surface area (Å²) in [5.41, 5.74) is 0.665. The van der Waals surface area contributed by atoms with Gasteiger partial charge in [0, 0.05) is 4.88 Å².